The molecule has 0 bridgehead atoms. The van der Waals surface area contributed by atoms with Crippen molar-refractivity contribution in [3.63, 3.8) is 0 Å². The lowest BCUT2D eigenvalue weighted by Gasteiger charge is -2.29. The lowest BCUT2D eigenvalue weighted by molar-refractivity contribution is 0.705. The molecule has 0 spiro atoms. The second-order valence-electron chi connectivity index (χ2n) is 3.19. The SMILES string of the molecule is CC.CCN1CCCc2ccncc21. The van der Waals surface area contributed by atoms with Crippen LogP contribution in [-0.4, -0.2) is 18.1 Å². The van der Waals surface area contributed by atoms with E-state index in [1.54, 1.807) is 0 Å². The molecular weight excluding hydrogens is 172 g/mol. The van der Waals surface area contributed by atoms with Gasteiger partial charge in [-0.1, -0.05) is 13.8 Å². The summed E-state index contributed by atoms with van der Waals surface area (Å²) >= 11 is 0. The fraction of sp³-hybridized carbons (Fsp3) is 0.583. The van der Waals surface area contributed by atoms with Crippen LogP contribution in [0.3, 0.4) is 0 Å². The molecule has 2 heterocycles. The van der Waals surface area contributed by atoms with Crippen LogP contribution >= 0.6 is 0 Å². The first-order valence-electron chi connectivity index (χ1n) is 5.59. The molecule has 2 heteroatoms. The molecule has 14 heavy (non-hydrogen) atoms. The van der Waals surface area contributed by atoms with Crippen LogP contribution in [0.2, 0.25) is 0 Å². The van der Waals surface area contributed by atoms with Gasteiger partial charge in [0.25, 0.3) is 0 Å². The van der Waals surface area contributed by atoms with Crippen molar-refractivity contribution < 1.29 is 0 Å². The van der Waals surface area contributed by atoms with Gasteiger partial charge < -0.3 is 4.90 Å². The van der Waals surface area contributed by atoms with E-state index < -0.39 is 0 Å². The highest BCUT2D eigenvalue weighted by molar-refractivity contribution is 5.53. The molecule has 0 aromatic carbocycles. The van der Waals surface area contributed by atoms with Crippen LogP contribution in [0.4, 0.5) is 5.69 Å². The molecular formula is C12H20N2. The highest BCUT2D eigenvalue weighted by atomic mass is 15.1. The molecule has 2 rings (SSSR count). The average Bonchev–Trinajstić information content (AvgIpc) is 2.31. The molecule has 0 amide bonds. The van der Waals surface area contributed by atoms with E-state index in [0.717, 1.165) is 6.54 Å². The topological polar surface area (TPSA) is 16.1 Å². The maximum atomic E-state index is 4.15. The first-order chi connectivity index (χ1) is 6.92. The number of anilines is 1. The Kier molecular flexibility index (Phi) is 4.44. The van der Waals surface area contributed by atoms with Crippen molar-refractivity contribution in [2.75, 3.05) is 18.0 Å². The van der Waals surface area contributed by atoms with Gasteiger partial charge in [-0.05, 0) is 31.4 Å². The van der Waals surface area contributed by atoms with E-state index in [9.17, 15) is 0 Å². The van der Waals surface area contributed by atoms with Crippen LogP contribution in [0.5, 0.6) is 0 Å². The van der Waals surface area contributed by atoms with Crippen LogP contribution < -0.4 is 4.90 Å². The first kappa shape index (κ1) is 11.0. The number of nitrogens with zero attached hydrogens (tertiary/aromatic N) is 2. The van der Waals surface area contributed by atoms with Crippen molar-refractivity contribution in [3.05, 3.63) is 24.0 Å². The number of pyridine rings is 1. The monoisotopic (exact) mass is 192 g/mol. The average molecular weight is 192 g/mol. The van der Waals surface area contributed by atoms with Crippen molar-refractivity contribution in [2.45, 2.75) is 33.6 Å². The van der Waals surface area contributed by atoms with Crippen molar-refractivity contribution in [1.82, 2.24) is 4.98 Å². The predicted molar refractivity (Wildman–Crippen MR) is 61.8 cm³/mol. The summed E-state index contributed by atoms with van der Waals surface area (Å²) in [5.41, 5.74) is 2.80. The molecule has 0 saturated heterocycles. The lowest BCUT2D eigenvalue weighted by atomic mass is 10.0. The summed E-state index contributed by atoms with van der Waals surface area (Å²) < 4.78 is 0. The molecule has 0 saturated carbocycles. The first-order valence-corrected chi connectivity index (χ1v) is 5.59. The second kappa shape index (κ2) is 5.63. The van der Waals surface area contributed by atoms with Crippen molar-refractivity contribution in [1.29, 1.82) is 0 Å². The summed E-state index contributed by atoms with van der Waals surface area (Å²) in [6, 6.07) is 2.14. The quantitative estimate of drug-likeness (QED) is 0.680. The Hall–Kier alpha value is -1.05. The van der Waals surface area contributed by atoms with Crippen LogP contribution in [0, 0.1) is 0 Å². The van der Waals surface area contributed by atoms with E-state index in [2.05, 4.69) is 22.9 Å². The lowest BCUT2D eigenvalue weighted by Crippen LogP contribution is -2.28. The standard InChI is InChI=1S/C10H14N2.C2H6/c1-2-12-7-3-4-9-5-6-11-8-10(9)12;1-2/h5-6,8H,2-4,7H2,1H3;1-2H3. The minimum atomic E-state index is 1.10. The number of rotatable bonds is 1. The number of aryl methyl sites for hydroxylation is 1. The molecule has 0 atom stereocenters. The predicted octanol–water partition coefficient (Wildman–Crippen LogP) is 2.88. The maximum absolute atomic E-state index is 4.15. The molecule has 78 valence electrons. The summed E-state index contributed by atoms with van der Waals surface area (Å²) in [6.45, 7) is 8.48. The zero-order chi connectivity index (χ0) is 10.4. The Bertz CT molecular complexity index is 271. The maximum Gasteiger partial charge on any atom is 0.0585 e. The minimum absolute atomic E-state index is 1.10. The largest absolute Gasteiger partial charge is 0.370 e. The highest BCUT2D eigenvalue weighted by Gasteiger charge is 2.14. The smallest absolute Gasteiger partial charge is 0.0585 e. The molecule has 0 radical (unpaired) electrons. The molecule has 1 aliphatic heterocycles. The Morgan fingerprint density at radius 2 is 2.21 bits per heavy atom. The third kappa shape index (κ3) is 2.25. The third-order valence-electron chi connectivity index (χ3n) is 2.48. The van der Waals surface area contributed by atoms with Gasteiger partial charge in [-0.25, -0.2) is 0 Å². The minimum Gasteiger partial charge on any atom is -0.370 e. The van der Waals surface area contributed by atoms with Gasteiger partial charge in [-0.2, -0.15) is 0 Å². The summed E-state index contributed by atoms with van der Waals surface area (Å²) in [6.07, 6.45) is 6.37. The number of hydrogen-bond donors (Lipinski definition) is 0. The van der Waals surface area contributed by atoms with Crippen LogP contribution in [0.25, 0.3) is 0 Å². The van der Waals surface area contributed by atoms with Crippen LogP contribution in [0.1, 0.15) is 32.8 Å². The van der Waals surface area contributed by atoms with Crippen LogP contribution in [-0.2, 0) is 6.42 Å². The van der Waals surface area contributed by atoms with E-state index in [1.807, 2.05) is 26.2 Å². The van der Waals surface area contributed by atoms with Crippen molar-refractivity contribution >= 4 is 5.69 Å². The summed E-state index contributed by atoms with van der Waals surface area (Å²) in [5.74, 6) is 0. The normalized spacial score (nSPS) is 14.1. The molecule has 0 N–H and O–H groups in total. The summed E-state index contributed by atoms with van der Waals surface area (Å²) in [7, 11) is 0. The van der Waals surface area contributed by atoms with Gasteiger partial charge in [0.15, 0.2) is 0 Å². The zero-order valence-corrected chi connectivity index (χ0v) is 9.45. The summed E-state index contributed by atoms with van der Waals surface area (Å²) in [4.78, 5) is 6.55. The highest BCUT2D eigenvalue weighted by Crippen LogP contribution is 2.24. The van der Waals surface area contributed by atoms with E-state index in [0.29, 0.717) is 0 Å². The number of fused-ring (bicyclic) bond motifs is 1. The summed E-state index contributed by atoms with van der Waals surface area (Å²) in [5, 5.41) is 0. The van der Waals surface area contributed by atoms with Crippen molar-refractivity contribution in [2.24, 2.45) is 0 Å². The van der Waals surface area contributed by atoms with Gasteiger partial charge in [0, 0.05) is 19.3 Å². The number of aromatic nitrogens is 1. The fourth-order valence-electron chi connectivity index (χ4n) is 1.82. The number of hydrogen-bond acceptors (Lipinski definition) is 2. The second-order valence-corrected chi connectivity index (χ2v) is 3.19. The molecule has 0 fully saturated rings. The third-order valence-corrected chi connectivity index (χ3v) is 2.48. The van der Waals surface area contributed by atoms with Crippen LogP contribution in [0.15, 0.2) is 18.5 Å². The van der Waals surface area contributed by atoms with Gasteiger partial charge >= 0.3 is 0 Å². The van der Waals surface area contributed by atoms with E-state index >= 15 is 0 Å². The Morgan fingerprint density at radius 1 is 1.43 bits per heavy atom. The fourth-order valence-corrected chi connectivity index (χ4v) is 1.82. The Labute approximate surface area is 87.0 Å². The Morgan fingerprint density at radius 3 is 2.93 bits per heavy atom. The van der Waals surface area contributed by atoms with E-state index in [-0.39, 0.29) is 0 Å². The Balaban J connectivity index is 0.000000461. The van der Waals surface area contributed by atoms with Gasteiger partial charge in [0.05, 0.1) is 11.9 Å². The molecule has 0 aliphatic carbocycles. The van der Waals surface area contributed by atoms with Crippen molar-refractivity contribution in [3.8, 4) is 0 Å². The molecule has 1 aromatic heterocycles. The molecule has 0 unspecified atom stereocenters. The zero-order valence-electron chi connectivity index (χ0n) is 9.45. The van der Waals surface area contributed by atoms with Gasteiger partial charge in [-0.3, -0.25) is 4.98 Å². The van der Waals surface area contributed by atoms with E-state index in [1.165, 1.54) is 30.6 Å². The van der Waals surface area contributed by atoms with E-state index in [4.69, 9.17) is 0 Å². The molecule has 1 aliphatic rings. The molecule has 2 nitrogen and oxygen atoms in total. The van der Waals surface area contributed by atoms with Gasteiger partial charge in [0.1, 0.15) is 0 Å². The van der Waals surface area contributed by atoms with Gasteiger partial charge in [0.2, 0.25) is 0 Å². The molecule has 1 aromatic rings. The van der Waals surface area contributed by atoms with Gasteiger partial charge in [-0.15, -0.1) is 0 Å².